The van der Waals surface area contributed by atoms with E-state index in [1.807, 2.05) is 0 Å². The Bertz CT molecular complexity index is 638. The Morgan fingerprint density at radius 1 is 1.00 bits per heavy atom. The van der Waals surface area contributed by atoms with Crippen LogP contribution in [0.25, 0.3) is 0 Å². The van der Waals surface area contributed by atoms with Gasteiger partial charge in [-0.2, -0.15) is 0 Å². The molecule has 116 valence electrons. The van der Waals surface area contributed by atoms with Crippen molar-refractivity contribution in [3.05, 3.63) is 53.8 Å². The molecular formula is C17H17FO4. The second-order valence-electron chi connectivity index (χ2n) is 4.57. The quantitative estimate of drug-likeness (QED) is 0.580. The number of hydrogen-bond donors (Lipinski definition) is 0. The Balaban J connectivity index is 1.93. The van der Waals surface area contributed by atoms with Gasteiger partial charge in [0.25, 0.3) is 0 Å². The summed E-state index contributed by atoms with van der Waals surface area (Å²) in [6, 6.07) is 10.8. The number of rotatable bonds is 7. The van der Waals surface area contributed by atoms with Gasteiger partial charge in [-0.25, -0.2) is 4.39 Å². The van der Waals surface area contributed by atoms with E-state index in [-0.39, 0.29) is 24.8 Å². The van der Waals surface area contributed by atoms with Crippen molar-refractivity contribution in [2.75, 3.05) is 20.3 Å². The molecule has 0 saturated heterocycles. The molecule has 0 aromatic heterocycles. The van der Waals surface area contributed by atoms with Crippen LogP contribution in [0.4, 0.5) is 4.39 Å². The molecule has 0 saturated carbocycles. The van der Waals surface area contributed by atoms with Crippen LogP contribution in [-0.2, 0) is 0 Å². The molecule has 0 aliphatic heterocycles. The molecule has 2 rings (SSSR count). The Morgan fingerprint density at radius 2 is 1.64 bits per heavy atom. The van der Waals surface area contributed by atoms with Crippen molar-refractivity contribution >= 4 is 5.78 Å². The van der Waals surface area contributed by atoms with E-state index in [2.05, 4.69) is 0 Å². The highest BCUT2D eigenvalue weighted by Gasteiger charge is 2.10. The minimum atomic E-state index is -0.314. The maximum absolute atomic E-state index is 12.8. The number of carbonyl (C=O) groups is 1. The van der Waals surface area contributed by atoms with Gasteiger partial charge in [-0.05, 0) is 43.3 Å². The van der Waals surface area contributed by atoms with Crippen LogP contribution in [0.3, 0.4) is 0 Å². The van der Waals surface area contributed by atoms with Crippen molar-refractivity contribution in [2.24, 2.45) is 0 Å². The monoisotopic (exact) mass is 304 g/mol. The number of hydrogen-bond acceptors (Lipinski definition) is 4. The highest BCUT2D eigenvalue weighted by atomic mass is 19.1. The van der Waals surface area contributed by atoms with Crippen molar-refractivity contribution in [3.8, 4) is 17.2 Å². The van der Waals surface area contributed by atoms with Gasteiger partial charge in [0.1, 0.15) is 36.3 Å². The number of ketones is 1. The molecular weight excluding hydrogens is 287 g/mol. The van der Waals surface area contributed by atoms with Crippen molar-refractivity contribution < 1.29 is 23.4 Å². The smallest absolute Gasteiger partial charge is 0.163 e. The van der Waals surface area contributed by atoms with Gasteiger partial charge in [-0.15, -0.1) is 0 Å². The van der Waals surface area contributed by atoms with E-state index in [1.165, 1.54) is 19.1 Å². The number of benzene rings is 2. The fraction of sp³-hybridized carbons (Fsp3) is 0.235. The molecule has 0 spiro atoms. The lowest BCUT2D eigenvalue weighted by Gasteiger charge is -2.12. The third-order valence-corrected chi connectivity index (χ3v) is 2.99. The first-order valence-electron chi connectivity index (χ1n) is 6.80. The molecule has 0 heterocycles. The average molecular weight is 304 g/mol. The van der Waals surface area contributed by atoms with E-state index in [9.17, 15) is 9.18 Å². The van der Waals surface area contributed by atoms with Gasteiger partial charge in [-0.3, -0.25) is 4.79 Å². The van der Waals surface area contributed by atoms with Crippen molar-refractivity contribution in [1.29, 1.82) is 0 Å². The molecule has 0 atom stereocenters. The molecule has 22 heavy (non-hydrogen) atoms. The van der Waals surface area contributed by atoms with Crippen LogP contribution in [0.5, 0.6) is 17.2 Å². The molecule has 0 aliphatic rings. The second kappa shape index (κ2) is 7.45. The summed E-state index contributed by atoms with van der Waals surface area (Å²) in [4.78, 5) is 11.6. The standard InChI is InChI=1S/C17H17FO4/c1-12(19)16-8-7-15(20-2)11-17(16)22-10-9-21-14-5-3-13(18)4-6-14/h3-8,11H,9-10H2,1-2H3. The normalized spacial score (nSPS) is 10.1. The summed E-state index contributed by atoms with van der Waals surface area (Å²) < 4.78 is 28.9. The molecule has 0 radical (unpaired) electrons. The fourth-order valence-electron chi connectivity index (χ4n) is 1.88. The lowest BCUT2D eigenvalue weighted by atomic mass is 10.1. The molecule has 2 aromatic carbocycles. The predicted molar refractivity (Wildman–Crippen MR) is 80.4 cm³/mol. The first-order valence-corrected chi connectivity index (χ1v) is 6.80. The van der Waals surface area contributed by atoms with Gasteiger partial charge in [0.2, 0.25) is 0 Å². The van der Waals surface area contributed by atoms with Crippen molar-refractivity contribution in [2.45, 2.75) is 6.92 Å². The van der Waals surface area contributed by atoms with E-state index < -0.39 is 0 Å². The van der Waals surface area contributed by atoms with E-state index >= 15 is 0 Å². The Kier molecular flexibility index (Phi) is 5.36. The zero-order valence-corrected chi connectivity index (χ0v) is 12.5. The summed E-state index contributed by atoms with van der Waals surface area (Å²) in [5.74, 6) is 1.22. The Labute approximate surface area is 128 Å². The summed E-state index contributed by atoms with van der Waals surface area (Å²) >= 11 is 0. The van der Waals surface area contributed by atoms with Crippen molar-refractivity contribution in [1.82, 2.24) is 0 Å². The number of Topliss-reactive ketones (excluding diaryl/α,β-unsaturated/α-hetero) is 1. The lowest BCUT2D eigenvalue weighted by Crippen LogP contribution is -2.11. The van der Waals surface area contributed by atoms with Gasteiger partial charge < -0.3 is 14.2 Å². The molecule has 4 nitrogen and oxygen atoms in total. The second-order valence-corrected chi connectivity index (χ2v) is 4.57. The number of carbonyl (C=O) groups excluding carboxylic acids is 1. The average Bonchev–Trinajstić information content (AvgIpc) is 2.52. The fourth-order valence-corrected chi connectivity index (χ4v) is 1.88. The highest BCUT2D eigenvalue weighted by molar-refractivity contribution is 5.97. The van der Waals surface area contributed by atoms with Crippen LogP contribution in [0.2, 0.25) is 0 Å². The van der Waals surface area contributed by atoms with Gasteiger partial charge in [0.05, 0.1) is 12.7 Å². The molecule has 0 amide bonds. The minimum Gasteiger partial charge on any atom is -0.497 e. The van der Waals surface area contributed by atoms with Crippen LogP contribution < -0.4 is 14.2 Å². The van der Waals surface area contributed by atoms with E-state index in [0.717, 1.165) is 0 Å². The lowest BCUT2D eigenvalue weighted by molar-refractivity contribution is 0.101. The van der Waals surface area contributed by atoms with Crippen LogP contribution in [0, 0.1) is 5.82 Å². The number of ether oxygens (including phenoxy) is 3. The van der Waals surface area contributed by atoms with Crippen LogP contribution >= 0.6 is 0 Å². The van der Waals surface area contributed by atoms with Crippen LogP contribution in [-0.4, -0.2) is 26.1 Å². The summed E-state index contributed by atoms with van der Waals surface area (Å²) in [6.45, 7) is 2.01. The molecule has 0 unspecified atom stereocenters. The highest BCUT2D eigenvalue weighted by Crippen LogP contribution is 2.25. The maximum atomic E-state index is 12.8. The summed E-state index contributed by atoms with van der Waals surface area (Å²) in [6.07, 6.45) is 0. The zero-order chi connectivity index (χ0) is 15.9. The van der Waals surface area contributed by atoms with Gasteiger partial charge in [0.15, 0.2) is 5.78 Å². The summed E-state index contributed by atoms with van der Waals surface area (Å²) in [7, 11) is 1.55. The number of methoxy groups -OCH3 is 1. The predicted octanol–water partition coefficient (Wildman–Crippen LogP) is 3.49. The third kappa shape index (κ3) is 4.22. The van der Waals surface area contributed by atoms with E-state index in [4.69, 9.17) is 14.2 Å². The van der Waals surface area contributed by atoms with Gasteiger partial charge >= 0.3 is 0 Å². The molecule has 2 aromatic rings. The van der Waals surface area contributed by atoms with E-state index in [1.54, 1.807) is 37.4 Å². The van der Waals surface area contributed by atoms with Crippen LogP contribution in [0.15, 0.2) is 42.5 Å². The number of halogens is 1. The third-order valence-electron chi connectivity index (χ3n) is 2.99. The molecule has 5 heteroatoms. The topological polar surface area (TPSA) is 44.8 Å². The van der Waals surface area contributed by atoms with Crippen molar-refractivity contribution in [3.63, 3.8) is 0 Å². The van der Waals surface area contributed by atoms with Gasteiger partial charge in [-0.1, -0.05) is 0 Å². The summed E-state index contributed by atoms with van der Waals surface area (Å²) in [5, 5.41) is 0. The molecule has 0 fully saturated rings. The van der Waals surface area contributed by atoms with Gasteiger partial charge in [0, 0.05) is 6.07 Å². The van der Waals surface area contributed by atoms with E-state index in [0.29, 0.717) is 22.8 Å². The maximum Gasteiger partial charge on any atom is 0.163 e. The molecule has 0 N–H and O–H groups in total. The molecule has 0 aliphatic carbocycles. The van der Waals surface area contributed by atoms with Crippen LogP contribution in [0.1, 0.15) is 17.3 Å². The SMILES string of the molecule is COc1ccc(C(C)=O)c(OCCOc2ccc(F)cc2)c1. The Hall–Kier alpha value is -2.56. The molecule has 0 bridgehead atoms. The minimum absolute atomic E-state index is 0.0860. The first kappa shape index (κ1) is 15.8. The zero-order valence-electron chi connectivity index (χ0n) is 12.5. The first-order chi connectivity index (χ1) is 10.6. The summed E-state index contributed by atoms with van der Waals surface area (Å²) in [5.41, 5.74) is 0.489. The largest absolute Gasteiger partial charge is 0.497 e. The Morgan fingerprint density at radius 3 is 2.27 bits per heavy atom.